The second-order valence-corrected chi connectivity index (χ2v) is 6.60. The van der Waals surface area contributed by atoms with Crippen LogP contribution in [-0.4, -0.2) is 55.2 Å². The van der Waals surface area contributed by atoms with Crippen LogP contribution in [0.4, 0.5) is 4.79 Å². The maximum atomic E-state index is 12.5. The Hall–Kier alpha value is -2.48. The number of amides is 3. The molecule has 0 aliphatic carbocycles. The van der Waals surface area contributed by atoms with Gasteiger partial charge >= 0.3 is 12.0 Å². The fraction of sp³-hybridized carbons (Fsp3) is 0.526. The Morgan fingerprint density at radius 2 is 2.04 bits per heavy atom. The maximum Gasteiger partial charge on any atom is 0.339 e. The van der Waals surface area contributed by atoms with E-state index < -0.39 is 24.0 Å². The Bertz CT molecular complexity index is 739. The summed E-state index contributed by atoms with van der Waals surface area (Å²) in [7, 11) is 0. The van der Waals surface area contributed by atoms with Gasteiger partial charge in [0.05, 0.1) is 23.8 Å². The molecule has 0 saturated carbocycles. The van der Waals surface area contributed by atoms with E-state index in [0.717, 1.165) is 17.7 Å². The molecule has 1 aliphatic rings. The average molecular weight is 413 g/mol. The molecule has 8 nitrogen and oxygen atoms in total. The molecule has 1 fully saturated rings. The van der Waals surface area contributed by atoms with E-state index >= 15 is 0 Å². The Labute approximate surface area is 169 Å². The summed E-state index contributed by atoms with van der Waals surface area (Å²) in [5.74, 6) is -0.634. The first-order valence-electron chi connectivity index (χ1n) is 9.28. The molecule has 0 bridgehead atoms. The first-order chi connectivity index (χ1) is 13.4. The molecule has 2 rings (SSSR count). The number of hydrogen-bond acceptors (Lipinski definition) is 6. The van der Waals surface area contributed by atoms with Gasteiger partial charge in [-0.05, 0) is 32.4 Å². The summed E-state index contributed by atoms with van der Waals surface area (Å²) >= 11 is 6.27. The standard InChI is InChI=1S/C19H25ClN2O6/c1-4-6-9-27-16-14(20)10-13(11-15(16)26-5-2)18(24)28-12(3)17(23)22-8-7-21-19(22)25/h10-12H,4-9H2,1-3H3,(H,21,25)/t12-/m1/s1. The van der Waals surface area contributed by atoms with Gasteiger partial charge in [-0.1, -0.05) is 24.9 Å². The number of rotatable bonds is 9. The lowest BCUT2D eigenvalue weighted by Crippen LogP contribution is -2.41. The molecule has 0 aromatic heterocycles. The minimum atomic E-state index is -1.12. The van der Waals surface area contributed by atoms with Gasteiger partial charge in [0, 0.05) is 13.1 Å². The lowest BCUT2D eigenvalue weighted by molar-refractivity contribution is -0.136. The molecule has 3 amide bonds. The quantitative estimate of drug-likeness (QED) is 0.495. The number of benzene rings is 1. The molecular weight excluding hydrogens is 388 g/mol. The average Bonchev–Trinajstić information content (AvgIpc) is 3.09. The molecule has 1 heterocycles. The molecule has 28 heavy (non-hydrogen) atoms. The van der Waals surface area contributed by atoms with Crippen molar-refractivity contribution in [1.82, 2.24) is 10.2 Å². The van der Waals surface area contributed by atoms with Gasteiger partial charge in [-0.15, -0.1) is 0 Å². The third kappa shape index (κ3) is 5.28. The second-order valence-electron chi connectivity index (χ2n) is 6.19. The maximum absolute atomic E-state index is 12.5. The third-order valence-corrected chi connectivity index (χ3v) is 4.32. The van der Waals surface area contributed by atoms with Crippen LogP contribution in [0.2, 0.25) is 5.02 Å². The highest BCUT2D eigenvalue weighted by Crippen LogP contribution is 2.37. The van der Waals surface area contributed by atoms with E-state index in [1.54, 1.807) is 6.92 Å². The van der Waals surface area contributed by atoms with Crippen molar-refractivity contribution >= 4 is 29.5 Å². The molecule has 1 atom stereocenters. The van der Waals surface area contributed by atoms with Crippen LogP contribution >= 0.6 is 11.6 Å². The van der Waals surface area contributed by atoms with Crippen molar-refractivity contribution in [1.29, 1.82) is 0 Å². The molecule has 1 aliphatic heterocycles. The van der Waals surface area contributed by atoms with Crippen molar-refractivity contribution < 1.29 is 28.6 Å². The van der Waals surface area contributed by atoms with E-state index in [1.807, 2.05) is 6.92 Å². The molecule has 1 saturated heterocycles. The van der Waals surface area contributed by atoms with Gasteiger partial charge in [0.2, 0.25) is 0 Å². The zero-order chi connectivity index (χ0) is 20.7. The molecule has 9 heteroatoms. The van der Waals surface area contributed by atoms with Gasteiger partial charge in [0.25, 0.3) is 5.91 Å². The molecule has 0 spiro atoms. The number of unbranched alkanes of at least 4 members (excludes halogenated alkanes) is 1. The number of halogens is 1. The smallest absolute Gasteiger partial charge is 0.339 e. The van der Waals surface area contributed by atoms with Crippen LogP contribution in [-0.2, 0) is 9.53 Å². The lowest BCUT2D eigenvalue weighted by Gasteiger charge is -2.19. The van der Waals surface area contributed by atoms with Crippen LogP contribution in [0.3, 0.4) is 0 Å². The summed E-state index contributed by atoms with van der Waals surface area (Å²) in [6, 6.07) is 2.38. The van der Waals surface area contributed by atoms with E-state index in [4.69, 9.17) is 25.8 Å². The van der Waals surface area contributed by atoms with Crippen molar-refractivity contribution in [2.75, 3.05) is 26.3 Å². The second kappa shape index (κ2) is 10.2. The molecule has 1 aromatic carbocycles. The Balaban J connectivity index is 2.13. The van der Waals surface area contributed by atoms with Crippen molar-refractivity contribution in [2.45, 2.75) is 39.7 Å². The number of nitrogens with zero attached hydrogens (tertiary/aromatic N) is 1. The van der Waals surface area contributed by atoms with Gasteiger partial charge in [0.1, 0.15) is 0 Å². The van der Waals surface area contributed by atoms with Crippen molar-refractivity contribution in [2.24, 2.45) is 0 Å². The molecule has 154 valence electrons. The van der Waals surface area contributed by atoms with Gasteiger partial charge in [-0.3, -0.25) is 9.69 Å². The summed E-state index contributed by atoms with van der Waals surface area (Å²) in [6.07, 6.45) is 0.702. The van der Waals surface area contributed by atoms with Crippen LogP contribution in [0, 0.1) is 0 Å². The fourth-order valence-corrected chi connectivity index (χ4v) is 2.85. The third-order valence-electron chi connectivity index (χ3n) is 4.04. The number of ether oxygens (including phenoxy) is 3. The molecular formula is C19H25ClN2O6. The SMILES string of the molecule is CCCCOc1c(Cl)cc(C(=O)O[C@H](C)C(=O)N2CCNC2=O)cc1OCC. The van der Waals surface area contributed by atoms with Crippen LogP contribution in [0.15, 0.2) is 12.1 Å². The Kier molecular flexibility index (Phi) is 7.92. The molecule has 0 unspecified atom stereocenters. The monoisotopic (exact) mass is 412 g/mol. The van der Waals surface area contributed by atoms with E-state index in [0.29, 0.717) is 31.3 Å². The highest BCUT2D eigenvalue weighted by Gasteiger charge is 2.32. The van der Waals surface area contributed by atoms with E-state index in [2.05, 4.69) is 5.32 Å². The summed E-state index contributed by atoms with van der Waals surface area (Å²) in [5, 5.41) is 2.74. The number of esters is 1. The highest BCUT2D eigenvalue weighted by atomic mass is 35.5. The highest BCUT2D eigenvalue weighted by molar-refractivity contribution is 6.32. The Morgan fingerprint density at radius 3 is 2.64 bits per heavy atom. The zero-order valence-corrected chi connectivity index (χ0v) is 17.0. The summed E-state index contributed by atoms with van der Waals surface area (Å²) in [4.78, 5) is 37.4. The number of hydrogen-bond donors (Lipinski definition) is 1. The Morgan fingerprint density at radius 1 is 1.29 bits per heavy atom. The van der Waals surface area contributed by atoms with E-state index in [1.165, 1.54) is 19.1 Å². The number of carbonyl (C=O) groups is 3. The first-order valence-corrected chi connectivity index (χ1v) is 9.66. The van der Waals surface area contributed by atoms with Gasteiger partial charge in [-0.25, -0.2) is 9.59 Å². The van der Waals surface area contributed by atoms with E-state index in [9.17, 15) is 14.4 Å². The van der Waals surface area contributed by atoms with Crippen molar-refractivity contribution in [3.8, 4) is 11.5 Å². The minimum absolute atomic E-state index is 0.127. The number of imide groups is 1. The predicted molar refractivity (Wildman–Crippen MR) is 103 cm³/mol. The van der Waals surface area contributed by atoms with Gasteiger partial charge in [0.15, 0.2) is 17.6 Å². The minimum Gasteiger partial charge on any atom is -0.490 e. The van der Waals surface area contributed by atoms with Crippen LogP contribution in [0.5, 0.6) is 11.5 Å². The summed E-state index contributed by atoms with van der Waals surface area (Å²) in [6.45, 7) is 6.71. The zero-order valence-electron chi connectivity index (χ0n) is 16.2. The molecule has 0 radical (unpaired) electrons. The van der Waals surface area contributed by atoms with Crippen LogP contribution < -0.4 is 14.8 Å². The van der Waals surface area contributed by atoms with Crippen molar-refractivity contribution in [3.63, 3.8) is 0 Å². The first kappa shape index (κ1) is 21.8. The van der Waals surface area contributed by atoms with Crippen LogP contribution in [0.1, 0.15) is 44.0 Å². The molecule has 1 N–H and O–H groups in total. The predicted octanol–water partition coefficient (Wildman–Crippen LogP) is 3.01. The number of carbonyl (C=O) groups excluding carboxylic acids is 3. The van der Waals surface area contributed by atoms with Crippen LogP contribution in [0.25, 0.3) is 0 Å². The number of nitrogens with one attached hydrogen (secondary N) is 1. The lowest BCUT2D eigenvalue weighted by atomic mass is 10.2. The normalized spacial score (nSPS) is 14.4. The van der Waals surface area contributed by atoms with Crippen molar-refractivity contribution in [3.05, 3.63) is 22.7 Å². The summed E-state index contributed by atoms with van der Waals surface area (Å²) in [5.41, 5.74) is 0.127. The fourth-order valence-electron chi connectivity index (χ4n) is 2.59. The van der Waals surface area contributed by atoms with Gasteiger partial charge < -0.3 is 19.5 Å². The largest absolute Gasteiger partial charge is 0.490 e. The van der Waals surface area contributed by atoms with E-state index in [-0.39, 0.29) is 17.1 Å². The van der Waals surface area contributed by atoms with Gasteiger partial charge in [-0.2, -0.15) is 0 Å². The number of urea groups is 1. The topological polar surface area (TPSA) is 94.2 Å². The summed E-state index contributed by atoms with van der Waals surface area (Å²) < 4.78 is 16.4. The molecule has 1 aromatic rings.